The lowest BCUT2D eigenvalue weighted by Gasteiger charge is -2.26. The first-order valence-corrected chi connectivity index (χ1v) is 9.90. The Hall–Kier alpha value is -3.10. The Morgan fingerprint density at radius 2 is 1.86 bits per heavy atom. The molecule has 4 aromatic rings. The minimum Gasteiger partial charge on any atom is -0.379 e. The van der Waals surface area contributed by atoms with E-state index >= 15 is 0 Å². The molecule has 1 aliphatic heterocycles. The van der Waals surface area contributed by atoms with E-state index in [1.165, 1.54) is 0 Å². The minimum absolute atomic E-state index is 0.0457. The maximum absolute atomic E-state index is 13.0. The highest BCUT2D eigenvalue weighted by Gasteiger charge is 2.13. The van der Waals surface area contributed by atoms with E-state index in [1.807, 2.05) is 42.6 Å². The fourth-order valence-corrected chi connectivity index (χ4v) is 3.73. The van der Waals surface area contributed by atoms with Gasteiger partial charge in [0.05, 0.1) is 24.1 Å². The van der Waals surface area contributed by atoms with Crippen molar-refractivity contribution in [1.29, 1.82) is 0 Å². The van der Waals surface area contributed by atoms with Gasteiger partial charge in [-0.25, -0.2) is 4.98 Å². The number of pyridine rings is 1. The van der Waals surface area contributed by atoms with Crippen LogP contribution in [0.15, 0.2) is 53.6 Å². The van der Waals surface area contributed by atoms with Crippen molar-refractivity contribution in [3.05, 3.63) is 59.1 Å². The van der Waals surface area contributed by atoms with Crippen molar-refractivity contribution in [2.75, 3.05) is 32.8 Å². The molecule has 3 aromatic heterocycles. The Balaban J connectivity index is 1.43. The van der Waals surface area contributed by atoms with Crippen molar-refractivity contribution < 1.29 is 4.74 Å². The molecule has 1 aromatic carbocycles. The topological polar surface area (TPSA) is 77.6 Å². The van der Waals surface area contributed by atoms with Crippen LogP contribution in [0.4, 0.5) is 0 Å². The monoisotopic (exact) mass is 390 g/mol. The van der Waals surface area contributed by atoms with E-state index in [4.69, 9.17) is 4.74 Å². The van der Waals surface area contributed by atoms with Gasteiger partial charge in [0.2, 0.25) is 0 Å². The number of fused-ring (bicyclic) bond motifs is 3. The Morgan fingerprint density at radius 3 is 2.69 bits per heavy atom. The molecule has 8 nitrogen and oxygen atoms in total. The van der Waals surface area contributed by atoms with Crippen molar-refractivity contribution in [2.24, 2.45) is 0 Å². The number of aromatic nitrogens is 5. The van der Waals surface area contributed by atoms with Gasteiger partial charge in [0.15, 0.2) is 5.82 Å². The Labute approximate surface area is 167 Å². The van der Waals surface area contributed by atoms with E-state index in [2.05, 4.69) is 20.0 Å². The molecule has 4 heterocycles. The summed E-state index contributed by atoms with van der Waals surface area (Å²) in [5, 5.41) is 5.13. The summed E-state index contributed by atoms with van der Waals surface area (Å²) in [6.45, 7) is 5.15. The van der Waals surface area contributed by atoms with Gasteiger partial charge in [0.25, 0.3) is 11.3 Å². The molecule has 29 heavy (non-hydrogen) atoms. The van der Waals surface area contributed by atoms with Crippen molar-refractivity contribution in [2.45, 2.75) is 13.0 Å². The molecular formula is C21H22N6O2. The second kappa shape index (κ2) is 7.73. The maximum atomic E-state index is 13.0. The van der Waals surface area contributed by atoms with Crippen LogP contribution in [0.5, 0.6) is 0 Å². The largest absolute Gasteiger partial charge is 0.379 e. The third-order valence-corrected chi connectivity index (χ3v) is 5.32. The first kappa shape index (κ1) is 18.0. The van der Waals surface area contributed by atoms with Gasteiger partial charge in [0, 0.05) is 44.1 Å². The fourth-order valence-electron chi connectivity index (χ4n) is 3.73. The number of hydrogen-bond acceptors (Lipinski definition) is 6. The summed E-state index contributed by atoms with van der Waals surface area (Å²) in [7, 11) is 0. The number of ether oxygens (including phenoxy) is 1. The van der Waals surface area contributed by atoms with E-state index in [0.717, 1.165) is 50.3 Å². The number of nitrogens with zero attached hydrogens (tertiary/aromatic N) is 6. The fraction of sp³-hybridized carbons (Fsp3) is 0.333. The standard InChI is InChI=1S/C21H22N6O2/c28-20-17-15-22-21-23-19(16-5-2-1-3-6-16)24-27(21)18(17)7-10-26(20)9-4-8-25-11-13-29-14-12-25/h1-3,5-7,10,15H,4,8-9,11-14H2. The van der Waals surface area contributed by atoms with Crippen LogP contribution in [0.1, 0.15) is 6.42 Å². The van der Waals surface area contributed by atoms with E-state index in [0.29, 0.717) is 23.5 Å². The molecule has 0 N–H and O–H groups in total. The van der Waals surface area contributed by atoms with Crippen LogP contribution in [-0.2, 0) is 11.3 Å². The van der Waals surface area contributed by atoms with E-state index in [1.54, 1.807) is 15.3 Å². The van der Waals surface area contributed by atoms with Gasteiger partial charge < -0.3 is 9.30 Å². The highest BCUT2D eigenvalue weighted by molar-refractivity contribution is 5.79. The van der Waals surface area contributed by atoms with Crippen molar-refractivity contribution in [3.63, 3.8) is 0 Å². The molecule has 1 aliphatic rings. The van der Waals surface area contributed by atoms with Crippen molar-refractivity contribution >= 4 is 16.7 Å². The quantitative estimate of drug-likeness (QED) is 0.517. The van der Waals surface area contributed by atoms with E-state index < -0.39 is 0 Å². The molecule has 0 spiro atoms. The van der Waals surface area contributed by atoms with Gasteiger partial charge in [-0.15, -0.1) is 5.10 Å². The number of aryl methyl sites for hydroxylation is 1. The van der Waals surface area contributed by atoms with Gasteiger partial charge in [-0.2, -0.15) is 9.50 Å². The van der Waals surface area contributed by atoms with Crippen LogP contribution in [0.25, 0.3) is 28.1 Å². The Kier molecular flexibility index (Phi) is 4.79. The molecule has 0 unspecified atom stereocenters. The summed E-state index contributed by atoms with van der Waals surface area (Å²) in [5.41, 5.74) is 1.59. The molecule has 8 heteroatoms. The molecular weight excluding hydrogens is 368 g/mol. The lowest BCUT2D eigenvalue weighted by Crippen LogP contribution is -2.37. The highest BCUT2D eigenvalue weighted by atomic mass is 16.5. The van der Waals surface area contributed by atoms with Crippen LogP contribution < -0.4 is 5.56 Å². The Bertz CT molecular complexity index is 1190. The molecule has 1 fully saturated rings. The second-order valence-corrected chi connectivity index (χ2v) is 7.19. The van der Waals surface area contributed by atoms with E-state index in [-0.39, 0.29) is 5.56 Å². The van der Waals surface area contributed by atoms with Crippen molar-refractivity contribution in [1.82, 2.24) is 29.0 Å². The molecule has 0 amide bonds. The molecule has 0 radical (unpaired) electrons. The van der Waals surface area contributed by atoms with Crippen LogP contribution in [0.3, 0.4) is 0 Å². The number of morpholine rings is 1. The lowest BCUT2D eigenvalue weighted by atomic mass is 10.2. The van der Waals surface area contributed by atoms with Gasteiger partial charge in [-0.1, -0.05) is 30.3 Å². The van der Waals surface area contributed by atoms with Crippen molar-refractivity contribution in [3.8, 4) is 11.4 Å². The second-order valence-electron chi connectivity index (χ2n) is 7.19. The van der Waals surface area contributed by atoms with Crippen LogP contribution in [0, 0.1) is 0 Å². The lowest BCUT2D eigenvalue weighted by molar-refractivity contribution is 0.0369. The van der Waals surface area contributed by atoms with Gasteiger partial charge in [-0.05, 0) is 12.5 Å². The third-order valence-electron chi connectivity index (χ3n) is 5.32. The molecule has 5 rings (SSSR count). The average Bonchev–Trinajstić information content (AvgIpc) is 3.21. The highest BCUT2D eigenvalue weighted by Crippen LogP contribution is 2.17. The number of hydrogen-bond donors (Lipinski definition) is 0. The maximum Gasteiger partial charge on any atom is 0.261 e. The summed E-state index contributed by atoms with van der Waals surface area (Å²) >= 11 is 0. The Morgan fingerprint density at radius 1 is 1.03 bits per heavy atom. The number of rotatable bonds is 5. The first-order valence-electron chi connectivity index (χ1n) is 9.90. The summed E-state index contributed by atoms with van der Waals surface area (Å²) in [4.78, 5) is 24.2. The summed E-state index contributed by atoms with van der Waals surface area (Å²) in [6, 6.07) is 11.7. The molecule has 0 atom stereocenters. The predicted octanol–water partition coefficient (Wildman–Crippen LogP) is 1.83. The molecule has 0 bridgehead atoms. The summed E-state index contributed by atoms with van der Waals surface area (Å²) < 4.78 is 8.78. The molecule has 0 aliphatic carbocycles. The van der Waals surface area contributed by atoms with E-state index in [9.17, 15) is 4.79 Å². The zero-order valence-corrected chi connectivity index (χ0v) is 16.1. The average molecular weight is 390 g/mol. The van der Waals surface area contributed by atoms with Crippen LogP contribution in [-0.4, -0.2) is 61.9 Å². The zero-order chi connectivity index (χ0) is 19.6. The van der Waals surface area contributed by atoms with Crippen LogP contribution >= 0.6 is 0 Å². The summed E-state index contributed by atoms with van der Waals surface area (Å²) in [5.74, 6) is 1.08. The smallest absolute Gasteiger partial charge is 0.261 e. The zero-order valence-electron chi connectivity index (χ0n) is 16.1. The van der Waals surface area contributed by atoms with Gasteiger partial charge in [-0.3, -0.25) is 9.69 Å². The minimum atomic E-state index is -0.0457. The molecule has 1 saturated heterocycles. The summed E-state index contributed by atoms with van der Waals surface area (Å²) in [6.07, 6.45) is 4.37. The number of benzene rings is 1. The molecule has 148 valence electrons. The van der Waals surface area contributed by atoms with Gasteiger partial charge >= 0.3 is 0 Å². The SMILES string of the molecule is O=c1c2cnc3nc(-c4ccccc4)nn3c2ccn1CCCN1CCOCC1. The first-order chi connectivity index (χ1) is 14.3. The third kappa shape index (κ3) is 3.52. The predicted molar refractivity (Wildman–Crippen MR) is 110 cm³/mol. The molecule has 0 saturated carbocycles. The normalized spacial score (nSPS) is 15.3. The van der Waals surface area contributed by atoms with Gasteiger partial charge in [0.1, 0.15) is 0 Å². The van der Waals surface area contributed by atoms with Crippen LogP contribution in [0.2, 0.25) is 0 Å².